The van der Waals surface area contributed by atoms with E-state index in [4.69, 9.17) is 0 Å². The zero-order valence-corrected chi connectivity index (χ0v) is 12.4. The van der Waals surface area contributed by atoms with Gasteiger partial charge in [0.25, 0.3) is 0 Å². The van der Waals surface area contributed by atoms with Gasteiger partial charge in [0, 0.05) is 23.6 Å². The SMILES string of the molecule is CCC(CC)CNC(=O)CCSc1ccc(F)cc1. The fourth-order valence-electron chi connectivity index (χ4n) is 1.72. The lowest BCUT2D eigenvalue weighted by Gasteiger charge is -2.13. The van der Waals surface area contributed by atoms with E-state index in [1.54, 1.807) is 23.9 Å². The highest BCUT2D eigenvalue weighted by Gasteiger charge is 2.06. The number of hydrogen-bond donors (Lipinski definition) is 1. The van der Waals surface area contributed by atoms with Crippen molar-refractivity contribution in [2.75, 3.05) is 12.3 Å². The summed E-state index contributed by atoms with van der Waals surface area (Å²) >= 11 is 1.58. The van der Waals surface area contributed by atoms with Gasteiger partial charge in [0.15, 0.2) is 0 Å². The molecule has 0 aliphatic rings. The molecular weight excluding hydrogens is 261 g/mol. The number of carbonyl (C=O) groups excluding carboxylic acids is 1. The zero-order chi connectivity index (χ0) is 14.1. The van der Waals surface area contributed by atoms with E-state index in [1.807, 2.05) is 0 Å². The second-order valence-electron chi connectivity index (χ2n) is 4.54. The van der Waals surface area contributed by atoms with Crippen LogP contribution in [0.25, 0.3) is 0 Å². The standard InChI is InChI=1S/C15H22FNOS/c1-3-12(4-2)11-17-15(18)9-10-19-14-7-5-13(16)6-8-14/h5-8,12H,3-4,9-11H2,1-2H3,(H,17,18). The molecule has 1 aromatic carbocycles. The fraction of sp³-hybridized carbons (Fsp3) is 0.533. The minimum absolute atomic E-state index is 0.0986. The predicted octanol–water partition coefficient (Wildman–Crippen LogP) is 3.86. The Morgan fingerprint density at radius 2 is 1.89 bits per heavy atom. The summed E-state index contributed by atoms with van der Waals surface area (Å²) in [6.07, 6.45) is 2.70. The summed E-state index contributed by atoms with van der Waals surface area (Å²) in [6.45, 7) is 5.06. The molecule has 0 atom stereocenters. The van der Waals surface area contributed by atoms with Crippen molar-refractivity contribution in [3.8, 4) is 0 Å². The minimum atomic E-state index is -0.229. The molecule has 2 nitrogen and oxygen atoms in total. The van der Waals surface area contributed by atoms with Gasteiger partial charge in [0.2, 0.25) is 5.91 Å². The van der Waals surface area contributed by atoms with Crippen LogP contribution in [0.5, 0.6) is 0 Å². The van der Waals surface area contributed by atoms with Crippen molar-refractivity contribution in [3.63, 3.8) is 0 Å². The van der Waals surface area contributed by atoms with E-state index in [1.165, 1.54) is 12.1 Å². The molecule has 19 heavy (non-hydrogen) atoms. The van der Waals surface area contributed by atoms with Crippen molar-refractivity contribution >= 4 is 17.7 Å². The lowest BCUT2D eigenvalue weighted by atomic mass is 10.0. The van der Waals surface area contributed by atoms with Crippen molar-refractivity contribution < 1.29 is 9.18 Å². The van der Waals surface area contributed by atoms with E-state index in [-0.39, 0.29) is 11.7 Å². The Bertz CT molecular complexity index is 376. The molecule has 0 aliphatic carbocycles. The first kappa shape index (κ1) is 16.0. The third-order valence-electron chi connectivity index (χ3n) is 3.15. The quantitative estimate of drug-likeness (QED) is 0.734. The summed E-state index contributed by atoms with van der Waals surface area (Å²) in [5, 5.41) is 2.97. The molecule has 1 rings (SSSR count). The lowest BCUT2D eigenvalue weighted by molar-refractivity contribution is -0.120. The highest BCUT2D eigenvalue weighted by atomic mass is 32.2. The lowest BCUT2D eigenvalue weighted by Crippen LogP contribution is -2.29. The third-order valence-corrected chi connectivity index (χ3v) is 4.17. The Hall–Kier alpha value is -1.03. The minimum Gasteiger partial charge on any atom is -0.356 e. The summed E-state index contributed by atoms with van der Waals surface area (Å²) in [7, 11) is 0. The van der Waals surface area contributed by atoms with E-state index in [0.29, 0.717) is 12.3 Å². The highest BCUT2D eigenvalue weighted by Crippen LogP contribution is 2.18. The van der Waals surface area contributed by atoms with E-state index in [9.17, 15) is 9.18 Å². The van der Waals surface area contributed by atoms with Gasteiger partial charge < -0.3 is 5.32 Å². The number of thioether (sulfide) groups is 1. The molecule has 4 heteroatoms. The van der Waals surface area contributed by atoms with Crippen LogP contribution >= 0.6 is 11.8 Å². The van der Waals surface area contributed by atoms with Gasteiger partial charge in [0.05, 0.1) is 0 Å². The molecule has 0 aromatic heterocycles. The van der Waals surface area contributed by atoms with Gasteiger partial charge in [-0.25, -0.2) is 4.39 Å². The fourth-order valence-corrected chi connectivity index (χ4v) is 2.57. The van der Waals surface area contributed by atoms with Gasteiger partial charge in [-0.15, -0.1) is 11.8 Å². The van der Waals surface area contributed by atoms with Crippen LogP contribution in [-0.4, -0.2) is 18.2 Å². The Balaban J connectivity index is 2.18. The molecule has 106 valence electrons. The summed E-state index contributed by atoms with van der Waals surface area (Å²) in [4.78, 5) is 12.6. The third kappa shape index (κ3) is 6.62. The van der Waals surface area contributed by atoms with Gasteiger partial charge in [0.1, 0.15) is 5.82 Å². The van der Waals surface area contributed by atoms with Crippen LogP contribution in [0.2, 0.25) is 0 Å². The van der Waals surface area contributed by atoms with Crippen LogP contribution < -0.4 is 5.32 Å². The van der Waals surface area contributed by atoms with Crippen molar-refractivity contribution in [1.29, 1.82) is 0 Å². The largest absolute Gasteiger partial charge is 0.356 e. The number of carbonyl (C=O) groups is 1. The van der Waals surface area contributed by atoms with Gasteiger partial charge in [-0.1, -0.05) is 26.7 Å². The van der Waals surface area contributed by atoms with Crippen molar-refractivity contribution in [1.82, 2.24) is 5.32 Å². The van der Waals surface area contributed by atoms with Crippen LogP contribution in [0, 0.1) is 11.7 Å². The van der Waals surface area contributed by atoms with Crippen LogP contribution in [0.15, 0.2) is 29.2 Å². The van der Waals surface area contributed by atoms with Crippen LogP contribution in [-0.2, 0) is 4.79 Å². The molecule has 0 aliphatic heterocycles. The molecule has 1 N–H and O–H groups in total. The van der Waals surface area contributed by atoms with Crippen LogP contribution in [0.3, 0.4) is 0 Å². The molecule has 0 saturated carbocycles. The van der Waals surface area contributed by atoms with Gasteiger partial charge in [-0.05, 0) is 30.2 Å². The van der Waals surface area contributed by atoms with E-state index in [2.05, 4.69) is 19.2 Å². The number of amides is 1. The molecule has 0 heterocycles. The second-order valence-corrected chi connectivity index (χ2v) is 5.71. The summed E-state index contributed by atoms with van der Waals surface area (Å²) in [5.41, 5.74) is 0. The van der Waals surface area contributed by atoms with Crippen molar-refractivity contribution in [3.05, 3.63) is 30.1 Å². The smallest absolute Gasteiger partial charge is 0.220 e. The number of benzene rings is 1. The number of nitrogens with one attached hydrogen (secondary N) is 1. The average Bonchev–Trinajstić information content (AvgIpc) is 2.42. The molecule has 1 aromatic rings. The second kappa shape index (κ2) is 8.97. The maximum atomic E-state index is 12.7. The molecular formula is C15H22FNOS. The Morgan fingerprint density at radius 3 is 2.47 bits per heavy atom. The first-order valence-electron chi connectivity index (χ1n) is 6.80. The molecule has 0 fully saturated rings. The number of rotatable bonds is 8. The maximum Gasteiger partial charge on any atom is 0.220 e. The topological polar surface area (TPSA) is 29.1 Å². The van der Waals surface area contributed by atoms with E-state index < -0.39 is 0 Å². The molecule has 0 spiro atoms. The molecule has 0 saturated heterocycles. The normalized spacial score (nSPS) is 10.7. The van der Waals surface area contributed by atoms with E-state index >= 15 is 0 Å². The summed E-state index contributed by atoms with van der Waals surface area (Å²) in [6, 6.07) is 6.36. The molecule has 0 bridgehead atoms. The Kier molecular flexibility index (Phi) is 7.56. The van der Waals surface area contributed by atoms with Gasteiger partial charge in [-0.3, -0.25) is 4.79 Å². The van der Waals surface area contributed by atoms with Crippen LogP contribution in [0.1, 0.15) is 33.1 Å². The molecule has 0 unspecified atom stereocenters. The first-order valence-corrected chi connectivity index (χ1v) is 7.79. The summed E-state index contributed by atoms with van der Waals surface area (Å²) < 4.78 is 12.7. The number of hydrogen-bond acceptors (Lipinski definition) is 2. The van der Waals surface area contributed by atoms with Gasteiger partial charge in [-0.2, -0.15) is 0 Å². The van der Waals surface area contributed by atoms with Crippen molar-refractivity contribution in [2.45, 2.75) is 38.0 Å². The van der Waals surface area contributed by atoms with Crippen molar-refractivity contribution in [2.24, 2.45) is 5.92 Å². The summed E-state index contributed by atoms with van der Waals surface area (Å²) in [5.74, 6) is 1.17. The highest BCUT2D eigenvalue weighted by molar-refractivity contribution is 7.99. The first-order chi connectivity index (χ1) is 9.15. The Morgan fingerprint density at radius 1 is 1.26 bits per heavy atom. The number of halogens is 1. The molecule has 0 radical (unpaired) electrons. The predicted molar refractivity (Wildman–Crippen MR) is 78.8 cm³/mol. The van der Waals surface area contributed by atoms with Crippen LogP contribution in [0.4, 0.5) is 4.39 Å². The average molecular weight is 283 g/mol. The van der Waals surface area contributed by atoms with E-state index in [0.717, 1.165) is 30.0 Å². The Labute approximate surface area is 119 Å². The zero-order valence-electron chi connectivity index (χ0n) is 11.6. The van der Waals surface area contributed by atoms with Gasteiger partial charge >= 0.3 is 0 Å². The monoisotopic (exact) mass is 283 g/mol. The maximum absolute atomic E-state index is 12.7. The molecule has 1 amide bonds.